The maximum atomic E-state index is 2.26. The molecular formula is C14H18N+. The molecule has 1 heteroatoms. The normalized spacial score (nSPS) is 11.0. The van der Waals surface area contributed by atoms with Crippen molar-refractivity contribution in [3.63, 3.8) is 0 Å². The van der Waals surface area contributed by atoms with Gasteiger partial charge in [-0.2, -0.15) is 4.57 Å². The van der Waals surface area contributed by atoms with E-state index in [9.17, 15) is 0 Å². The van der Waals surface area contributed by atoms with Crippen molar-refractivity contribution in [1.29, 1.82) is 0 Å². The Bertz CT molecular complexity index is 539. The summed E-state index contributed by atoms with van der Waals surface area (Å²) in [6.45, 7) is 8.73. The van der Waals surface area contributed by atoms with Crippen LogP contribution >= 0.6 is 0 Å². The summed E-state index contributed by atoms with van der Waals surface area (Å²) >= 11 is 0. The van der Waals surface area contributed by atoms with Crippen molar-refractivity contribution in [1.82, 2.24) is 0 Å². The standard InChI is InChI=1S/C14H18N/c1-9-6-7-13-14(12(9)4)10(2)8-11(3)15(13)5/h6-8H,1-5H3/q+1. The lowest BCUT2D eigenvalue weighted by atomic mass is 9.99. The van der Waals surface area contributed by atoms with Crippen LogP contribution in [0.5, 0.6) is 0 Å². The third-order valence-corrected chi connectivity index (χ3v) is 3.42. The lowest BCUT2D eigenvalue weighted by Gasteiger charge is -2.08. The smallest absolute Gasteiger partial charge is 0.199 e. The summed E-state index contributed by atoms with van der Waals surface area (Å²) in [5.41, 5.74) is 6.79. The second-order valence-corrected chi connectivity index (χ2v) is 4.43. The fourth-order valence-corrected chi connectivity index (χ4v) is 2.25. The van der Waals surface area contributed by atoms with E-state index in [0.29, 0.717) is 0 Å². The van der Waals surface area contributed by atoms with E-state index < -0.39 is 0 Å². The van der Waals surface area contributed by atoms with Gasteiger partial charge in [0.05, 0.1) is 5.39 Å². The van der Waals surface area contributed by atoms with Gasteiger partial charge >= 0.3 is 0 Å². The first-order valence-corrected chi connectivity index (χ1v) is 5.38. The van der Waals surface area contributed by atoms with Crippen molar-refractivity contribution in [3.05, 3.63) is 40.6 Å². The van der Waals surface area contributed by atoms with Crippen molar-refractivity contribution in [2.75, 3.05) is 0 Å². The molecule has 0 aliphatic rings. The van der Waals surface area contributed by atoms with E-state index in [1.54, 1.807) is 0 Å². The van der Waals surface area contributed by atoms with E-state index in [4.69, 9.17) is 0 Å². The third kappa shape index (κ3) is 1.43. The van der Waals surface area contributed by atoms with Crippen molar-refractivity contribution < 1.29 is 4.57 Å². The molecule has 0 spiro atoms. The lowest BCUT2D eigenvalue weighted by molar-refractivity contribution is -0.651. The van der Waals surface area contributed by atoms with Gasteiger partial charge in [0.2, 0.25) is 5.52 Å². The maximum Gasteiger partial charge on any atom is 0.213 e. The van der Waals surface area contributed by atoms with Crippen LogP contribution in [0.1, 0.15) is 22.4 Å². The molecule has 0 aliphatic carbocycles. The number of fused-ring (bicyclic) bond motifs is 1. The van der Waals surface area contributed by atoms with Gasteiger partial charge in [-0.25, -0.2) is 0 Å². The highest BCUT2D eigenvalue weighted by Crippen LogP contribution is 2.22. The highest BCUT2D eigenvalue weighted by molar-refractivity contribution is 5.84. The zero-order valence-corrected chi connectivity index (χ0v) is 10.2. The Morgan fingerprint density at radius 3 is 2.27 bits per heavy atom. The fraction of sp³-hybridized carbons (Fsp3) is 0.357. The van der Waals surface area contributed by atoms with Gasteiger partial charge in [0.15, 0.2) is 5.69 Å². The van der Waals surface area contributed by atoms with Gasteiger partial charge in [-0.15, -0.1) is 0 Å². The van der Waals surface area contributed by atoms with Gasteiger partial charge in [0, 0.05) is 19.1 Å². The molecule has 15 heavy (non-hydrogen) atoms. The molecule has 0 amide bonds. The molecule has 1 heterocycles. The molecule has 1 aromatic heterocycles. The predicted octanol–water partition coefficient (Wildman–Crippen LogP) is 2.90. The van der Waals surface area contributed by atoms with Crippen LogP contribution in [0, 0.1) is 27.7 Å². The first kappa shape index (κ1) is 10.2. The largest absolute Gasteiger partial charge is 0.213 e. The zero-order valence-electron chi connectivity index (χ0n) is 10.2. The molecule has 0 saturated carbocycles. The number of hydrogen-bond donors (Lipinski definition) is 0. The average molecular weight is 200 g/mol. The Hall–Kier alpha value is -1.37. The van der Waals surface area contributed by atoms with Crippen LogP contribution in [-0.4, -0.2) is 0 Å². The van der Waals surface area contributed by atoms with E-state index in [1.807, 2.05) is 0 Å². The van der Waals surface area contributed by atoms with Crippen LogP contribution in [0.2, 0.25) is 0 Å². The Labute approximate surface area is 91.4 Å². The molecule has 0 radical (unpaired) electrons. The molecule has 2 rings (SSSR count). The van der Waals surface area contributed by atoms with Gasteiger partial charge in [-0.1, -0.05) is 6.07 Å². The summed E-state index contributed by atoms with van der Waals surface area (Å²) in [7, 11) is 2.13. The summed E-state index contributed by atoms with van der Waals surface area (Å²) in [5, 5.41) is 1.41. The van der Waals surface area contributed by atoms with E-state index in [1.165, 1.54) is 33.3 Å². The number of aryl methyl sites for hydroxylation is 5. The van der Waals surface area contributed by atoms with Gasteiger partial charge < -0.3 is 0 Å². The second-order valence-electron chi connectivity index (χ2n) is 4.43. The zero-order chi connectivity index (χ0) is 11.2. The van der Waals surface area contributed by atoms with Crippen molar-refractivity contribution in [2.45, 2.75) is 27.7 Å². The van der Waals surface area contributed by atoms with E-state index in [2.05, 4.69) is 57.5 Å². The van der Waals surface area contributed by atoms with Crippen LogP contribution in [0.4, 0.5) is 0 Å². The molecule has 1 nitrogen and oxygen atoms in total. The van der Waals surface area contributed by atoms with Crippen molar-refractivity contribution in [3.8, 4) is 0 Å². The quantitative estimate of drug-likeness (QED) is 0.576. The molecule has 2 aromatic rings. The van der Waals surface area contributed by atoms with Crippen LogP contribution < -0.4 is 4.57 Å². The molecule has 0 N–H and O–H groups in total. The maximum absolute atomic E-state index is 2.26. The van der Waals surface area contributed by atoms with Crippen LogP contribution in [-0.2, 0) is 7.05 Å². The molecule has 1 aromatic carbocycles. The summed E-state index contributed by atoms with van der Waals surface area (Å²) in [4.78, 5) is 0. The minimum atomic E-state index is 1.31. The Morgan fingerprint density at radius 2 is 1.60 bits per heavy atom. The molecule has 78 valence electrons. The number of hydrogen-bond acceptors (Lipinski definition) is 0. The first-order valence-electron chi connectivity index (χ1n) is 5.38. The number of rotatable bonds is 0. The van der Waals surface area contributed by atoms with Gasteiger partial charge in [-0.3, -0.25) is 0 Å². The van der Waals surface area contributed by atoms with E-state index in [-0.39, 0.29) is 0 Å². The highest BCUT2D eigenvalue weighted by atomic mass is 14.9. The van der Waals surface area contributed by atoms with Crippen molar-refractivity contribution in [2.24, 2.45) is 7.05 Å². The Morgan fingerprint density at radius 1 is 0.933 bits per heavy atom. The number of pyridine rings is 1. The monoisotopic (exact) mass is 200 g/mol. The third-order valence-electron chi connectivity index (χ3n) is 3.42. The Balaban J connectivity index is 3.03. The minimum absolute atomic E-state index is 1.31. The minimum Gasteiger partial charge on any atom is -0.199 e. The van der Waals surface area contributed by atoms with Gasteiger partial charge in [0.25, 0.3) is 0 Å². The van der Waals surface area contributed by atoms with Crippen LogP contribution in [0.25, 0.3) is 10.9 Å². The molecule has 0 fully saturated rings. The van der Waals surface area contributed by atoms with Gasteiger partial charge in [-0.05, 0) is 37.5 Å². The lowest BCUT2D eigenvalue weighted by Crippen LogP contribution is -2.33. The van der Waals surface area contributed by atoms with E-state index in [0.717, 1.165) is 0 Å². The summed E-state index contributed by atoms with van der Waals surface area (Å²) < 4.78 is 2.26. The molecule has 0 saturated heterocycles. The first-order chi connectivity index (χ1) is 7.02. The fourth-order valence-electron chi connectivity index (χ4n) is 2.25. The summed E-state index contributed by atoms with van der Waals surface area (Å²) in [5.74, 6) is 0. The summed E-state index contributed by atoms with van der Waals surface area (Å²) in [6, 6.07) is 6.68. The highest BCUT2D eigenvalue weighted by Gasteiger charge is 2.13. The van der Waals surface area contributed by atoms with Crippen LogP contribution in [0.15, 0.2) is 18.2 Å². The van der Waals surface area contributed by atoms with Crippen LogP contribution in [0.3, 0.4) is 0 Å². The number of nitrogens with zero attached hydrogens (tertiary/aromatic N) is 1. The molecule has 0 aliphatic heterocycles. The number of benzene rings is 1. The average Bonchev–Trinajstić information content (AvgIpc) is 2.18. The molecule has 0 atom stereocenters. The molecule has 0 bridgehead atoms. The predicted molar refractivity (Wildman–Crippen MR) is 64.1 cm³/mol. The topological polar surface area (TPSA) is 3.88 Å². The number of aromatic nitrogens is 1. The van der Waals surface area contributed by atoms with Crippen molar-refractivity contribution >= 4 is 10.9 Å². The second kappa shape index (κ2) is 3.34. The SMILES string of the molecule is Cc1ccc2c(c(C)cc(C)[n+]2C)c1C. The Kier molecular flexibility index (Phi) is 2.26. The molecular weight excluding hydrogens is 182 g/mol. The summed E-state index contributed by atoms with van der Waals surface area (Å²) in [6.07, 6.45) is 0. The molecule has 0 unspecified atom stereocenters. The van der Waals surface area contributed by atoms with Gasteiger partial charge in [0.1, 0.15) is 7.05 Å². The van der Waals surface area contributed by atoms with E-state index >= 15 is 0 Å².